The van der Waals surface area contributed by atoms with E-state index in [-0.39, 0.29) is 12.5 Å². The second kappa shape index (κ2) is 7.18. The second-order valence-corrected chi connectivity index (χ2v) is 6.89. The smallest absolute Gasteiger partial charge is 0.262 e. The molecule has 0 aliphatic carbocycles. The minimum Gasteiger partial charge on any atom is -0.483 e. The van der Waals surface area contributed by atoms with Gasteiger partial charge in [0.1, 0.15) is 5.75 Å². The predicted octanol–water partition coefficient (Wildman–Crippen LogP) is 5.01. The zero-order valence-corrected chi connectivity index (χ0v) is 15.8. The third-order valence-corrected chi connectivity index (χ3v) is 4.17. The Kier molecular flexibility index (Phi) is 5.47. The van der Waals surface area contributed by atoms with E-state index in [1.54, 1.807) is 0 Å². The van der Waals surface area contributed by atoms with Crippen LogP contribution in [-0.4, -0.2) is 12.5 Å². The van der Waals surface area contributed by atoms with Gasteiger partial charge >= 0.3 is 0 Å². The van der Waals surface area contributed by atoms with Crippen molar-refractivity contribution in [2.75, 3.05) is 11.9 Å². The number of aryl methyl sites for hydroxylation is 5. The molecule has 23 heavy (non-hydrogen) atoms. The molecule has 122 valence electrons. The van der Waals surface area contributed by atoms with Crippen molar-refractivity contribution in [1.29, 1.82) is 0 Å². The van der Waals surface area contributed by atoms with Crippen molar-refractivity contribution in [3.05, 3.63) is 56.6 Å². The lowest BCUT2D eigenvalue weighted by atomic mass is 10.1. The summed E-state index contributed by atoms with van der Waals surface area (Å²) < 4.78 is 6.74. The molecule has 0 saturated heterocycles. The topological polar surface area (TPSA) is 38.3 Å². The summed E-state index contributed by atoms with van der Waals surface area (Å²) in [7, 11) is 0. The number of nitrogens with one attached hydrogen (secondary N) is 1. The maximum atomic E-state index is 12.2. The third kappa shape index (κ3) is 4.35. The molecule has 0 bridgehead atoms. The number of carbonyl (C=O) groups is 1. The van der Waals surface area contributed by atoms with Crippen LogP contribution in [-0.2, 0) is 4.79 Å². The molecule has 1 amide bonds. The van der Waals surface area contributed by atoms with E-state index in [0.29, 0.717) is 0 Å². The fraction of sp³-hybridized carbons (Fsp3) is 0.316. The number of hydrogen-bond acceptors (Lipinski definition) is 2. The normalized spacial score (nSPS) is 10.5. The van der Waals surface area contributed by atoms with Crippen LogP contribution in [0.3, 0.4) is 0 Å². The fourth-order valence-electron chi connectivity index (χ4n) is 2.82. The Labute approximate surface area is 146 Å². The van der Waals surface area contributed by atoms with Gasteiger partial charge in [0.25, 0.3) is 5.91 Å². The van der Waals surface area contributed by atoms with Gasteiger partial charge in [0.15, 0.2) is 6.61 Å². The van der Waals surface area contributed by atoms with Crippen LogP contribution in [0, 0.1) is 34.6 Å². The summed E-state index contributed by atoms with van der Waals surface area (Å²) in [6, 6.07) is 8.09. The fourth-order valence-corrected chi connectivity index (χ4v) is 3.50. The molecular formula is C19H22BrNO2. The van der Waals surface area contributed by atoms with E-state index in [4.69, 9.17) is 4.74 Å². The van der Waals surface area contributed by atoms with Crippen molar-refractivity contribution in [1.82, 2.24) is 0 Å². The Morgan fingerprint density at radius 2 is 1.48 bits per heavy atom. The largest absolute Gasteiger partial charge is 0.483 e. The molecule has 0 saturated carbocycles. The lowest BCUT2D eigenvalue weighted by molar-refractivity contribution is -0.118. The van der Waals surface area contributed by atoms with E-state index in [0.717, 1.165) is 38.2 Å². The van der Waals surface area contributed by atoms with Crippen molar-refractivity contribution >= 4 is 27.5 Å². The van der Waals surface area contributed by atoms with Gasteiger partial charge in [0.2, 0.25) is 0 Å². The van der Waals surface area contributed by atoms with E-state index in [1.807, 2.05) is 46.8 Å². The number of halogens is 1. The van der Waals surface area contributed by atoms with Crippen molar-refractivity contribution in [2.24, 2.45) is 0 Å². The molecule has 4 heteroatoms. The SMILES string of the molecule is Cc1cc(C)c(NC(=O)COc2c(C)cc(Br)cc2C)c(C)c1. The van der Waals surface area contributed by atoms with Gasteiger partial charge in [-0.05, 0) is 69.0 Å². The molecule has 0 radical (unpaired) electrons. The highest BCUT2D eigenvalue weighted by Crippen LogP contribution is 2.27. The molecule has 0 heterocycles. The minimum absolute atomic E-state index is 0.00390. The molecule has 0 aliphatic heterocycles. The summed E-state index contributed by atoms with van der Waals surface area (Å²) in [5.41, 5.74) is 6.20. The summed E-state index contributed by atoms with van der Waals surface area (Å²) in [5, 5.41) is 2.95. The van der Waals surface area contributed by atoms with E-state index < -0.39 is 0 Å². The first kappa shape index (κ1) is 17.5. The quantitative estimate of drug-likeness (QED) is 0.815. The molecular weight excluding hydrogens is 354 g/mol. The molecule has 2 aromatic rings. The maximum absolute atomic E-state index is 12.2. The lowest BCUT2D eigenvalue weighted by Crippen LogP contribution is -2.21. The first-order valence-corrected chi connectivity index (χ1v) is 8.34. The highest BCUT2D eigenvalue weighted by molar-refractivity contribution is 9.10. The number of ether oxygens (including phenoxy) is 1. The summed E-state index contributed by atoms with van der Waals surface area (Å²) in [4.78, 5) is 12.2. The average Bonchev–Trinajstić information content (AvgIpc) is 2.41. The standard InChI is InChI=1S/C19H22BrNO2/c1-11-6-12(2)18(13(3)7-11)21-17(22)10-23-19-14(4)8-16(20)9-15(19)5/h6-9H,10H2,1-5H3,(H,21,22). The molecule has 0 spiro atoms. The zero-order valence-electron chi connectivity index (χ0n) is 14.2. The number of carbonyl (C=O) groups excluding carboxylic acids is 1. The maximum Gasteiger partial charge on any atom is 0.262 e. The Bertz CT molecular complexity index is 707. The summed E-state index contributed by atoms with van der Waals surface area (Å²) in [6.07, 6.45) is 0. The van der Waals surface area contributed by atoms with Crippen LogP contribution < -0.4 is 10.1 Å². The Hall–Kier alpha value is -1.81. The summed E-state index contributed by atoms with van der Waals surface area (Å²) in [6.45, 7) is 9.99. The highest BCUT2D eigenvalue weighted by Gasteiger charge is 2.11. The van der Waals surface area contributed by atoms with Crippen LogP contribution in [0.25, 0.3) is 0 Å². The molecule has 0 fully saturated rings. The van der Waals surface area contributed by atoms with Gasteiger partial charge in [0, 0.05) is 10.2 Å². The van der Waals surface area contributed by atoms with Gasteiger partial charge in [0.05, 0.1) is 0 Å². The van der Waals surface area contributed by atoms with Crippen LogP contribution in [0.2, 0.25) is 0 Å². The second-order valence-electron chi connectivity index (χ2n) is 5.98. The van der Waals surface area contributed by atoms with Crippen LogP contribution in [0.5, 0.6) is 5.75 Å². The van der Waals surface area contributed by atoms with Gasteiger partial charge in [-0.2, -0.15) is 0 Å². The van der Waals surface area contributed by atoms with Crippen molar-refractivity contribution < 1.29 is 9.53 Å². The van der Waals surface area contributed by atoms with Gasteiger partial charge < -0.3 is 10.1 Å². The monoisotopic (exact) mass is 375 g/mol. The predicted molar refractivity (Wildman–Crippen MR) is 98.4 cm³/mol. The molecule has 3 nitrogen and oxygen atoms in total. The van der Waals surface area contributed by atoms with Crippen LogP contribution in [0.15, 0.2) is 28.7 Å². The molecule has 0 unspecified atom stereocenters. The third-order valence-electron chi connectivity index (χ3n) is 3.71. The minimum atomic E-state index is -0.151. The Balaban J connectivity index is 2.07. The molecule has 2 rings (SSSR count). The number of anilines is 1. The zero-order chi connectivity index (χ0) is 17.1. The Morgan fingerprint density at radius 1 is 0.957 bits per heavy atom. The lowest BCUT2D eigenvalue weighted by Gasteiger charge is -2.15. The number of benzene rings is 2. The van der Waals surface area contributed by atoms with Gasteiger partial charge in [-0.1, -0.05) is 33.6 Å². The summed E-state index contributed by atoms with van der Waals surface area (Å²) in [5.74, 6) is 0.613. The van der Waals surface area contributed by atoms with Crippen molar-refractivity contribution in [3.8, 4) is 5.75 Å². The van der Waals surface area contributed by atoms with E-state index >= 15 is 0 Å². The highest BCUT2D eigenvalue weighted by atomic mass is 79.9. The first-order valence-electron chi connectivity index (χ1n) is 7.55. The van der Waals surface area contributed by atoms with E-state index in [9.17, 15) is 4.79 Å². The van der Waals surface area contributed by atoms with Crippen molar-refractivity contribution in [2.45, 2.75) is 34.6 Å². The van der Waals surface area contributed by atoms with E-state index in [1.165, 1.54) is 5.56 Å². The Morgan fingerprint density at radius 3 is 2.00 bits per heavy atom. The van der Waals surface area contributed by atoms with Gasteiger partial charge in [-0.25, -0.2) is 0 Å². The van der Waals surface area contributed by atoms with Crippen LogP contribution in [0.4, 0.5) is 5.69 Å². The molecule has 0 atom stereocenters. The van der Waals surface area contributed by atoms with Crippen LogP contribution >= 0.6 is 15.9 Å². The van der Waals surface area contributed by atoms with Gasteiger partial charge in [-0.3, -0.25) is 4.79 Å². The van der Waals surface area contributed by atoms with Crippen LogP contribution in [0.1, 0.15) is 27.8 Å². The number of hydrogen-bond donors (Lipinski definition) is 1. The van der Waals surface area contributed by atoms with Crippen molar-refractivity contribution in [3.63, 3.8) is 0 Å². The van der Waals surface area contributed by atoms with E-state index in [2.05, 4.69) is 33.4 Å². The molecule has 2 aromatic carbocycles. The molecule has 0 aromatic heterocycles. The van der Waals surface area contributed by atoms with Gasteiger partial charge in [-0.15, -0.1) is 0 Å². The number of rotatable bonds is 4. The summed E-state index contributed by atoms with van der Waals surface area (Å²) >= 11 is 3.46. The first-order chi connectivity index (χ1) is 10.8. The molecule has 1 N–H and O–H groups in total. The average molecular weight is 376 g/mol. The molecule has 0 aliphatic rings. The number of amides is 1.